The maximum atomic E-state index is 12.3. The fraction of sp³-hybridized carbons (Fsp3) is 0.750. The van der Waals surface area contributed by atoms with Crippen LogP contribution in [-0.4, -0.2) is 48.3 Å². The van der Waals surface area contributed by atoms with Gasteiger partial charge in [-0.05, 0) is 25.7 Å². The van der Waals surface area contributed by atoms with Crippen molar-refractivity contribution in [3.8, 4) is 0 Å². The highest BCUT2D eigenvalue weighted by Crippen LogP contribution is 2.20. The third kappa shape index (κ3) is 2.47. The van der Waals surface area contributed by atoms with Gasteiger partial charge in [-0.15, -0.1) is 0 Å². The summed E-state index contributed by atoms with van der Waals surface area (Å²) in [5.41, 5.74) is 0. The highest BCUT2D eigenvalue weighted by atomic mass is 16.2. The molecule has 2 aliphatic heterocycles. The minimum atomic E-state index is -0.442. The highest BCUT2D eigenvalue weighted by molar-refractivity contribution is 5.94. The molecule has 0 radical (unpaired) electrons. The molecule has 6 heteroatoms. The fourth-order valence-corrected chi connectivity index (χ4v) is 2.63. The predicted octanol–water partition coefficient (Wildman–Crippen LogP) is -0.608. The van der Waals surface area contributed by atoms with E-state index in [9.17, 15) is 14.4 Å². The number of piperidine rings is 1. The van der Waals surface area contributed by atoms with Gasteiger partial charge in [-0.2, -0.15) is 0 Å². The van der Waals surface area contributed by atoms with Crippen molar-refractivity contribution in [3.05, 3.63) is 0 Å². The van der Waals surface area contributed by atoms with E-state index < -0.39 is 6.04 Å². The zero-order valence-corrected chi connectivity index (χ0v) is 10.6. The van der Waals surface area contributed by atoms with Gasteiger partial charge in [0.1, 0.15) is 12.1 Å². The summed E-state index contributed by atoms with van der Waals surface area (Å²) in [6.07, 6.45) is 3.51. The van der Waals surface area contributed by atoms with Crippen LogP contribution < -0.4 is 10.6 Å². The molecule has 6 nitrogen and oxygen atoms in total. The molecule has 2 saturated heterocycles. The number of amides is 3. The van der Waals surface area contributed by atoms with E-state index >= 15 is 0 Å². The van der Waals surface area contributed by atoms with Crippen LogP contribution in [-0.2, 0) is 14.4 Å². The Morgan fingerprint density at radius 2 is 2.11 bits per heavy atom. The maximum absolute atomic E-state index is 12.3. The van der Waals surface area contributed by atoms with Crippen LogP contribution in [0, 0.1) is 0 Å². The SMILES string of the molecule is CNC(=O)C1CCCCN1C(=O)[C@H]1CCC(=O)N1. The number of hydrogen-bond donors (Lipinski definition) is 2. The quantitative estimate of drug-likeness (QED) is 0.689. The van der Waals surface area contributed by atoms with Gasteiger partial charge in [-0.1, -0.05) is 0 Å². The van der Waals surface area contributed by atoms with Gasteiger partial charge < -0.3 is 15.5 Å². The lowest BCUT2D eigenvalue weighted by molar-refractivity contribution is -0.143. The first-order valence-corrected chi connectivity index (χ1v) is 6.45. The molecule has 1 unspecified atom stereocenters. The van der Waals surface area contributed by atoms with Crippen LogP contribution in [0.15, 0.2) is 0 Å². The Morgan fingerprint density at radius 3 is 2.72 bits per heavy atom. The molecule has 100 valence electrons. The van der Waals surface area contributed by atoms with E-state index in [4.69, 9.17) is 0 Å². The van der Waals surface area contributed by atoms with E-state index in [1.165, 1.54) is 0 Å². The van der Waals surface area contributed by atoms with Crippen molar-refractivity contribution in [2.45, 2.75) is 44.2 Å². The Morgan fingerprint density at radius 1 is 1.33 bits per heavy atom. The molecular weight excluding hydrogens is 234 g/mol. The van der Waals surface area contributed by atoms with Gasteiger partial charge in [-0.3, -0.25) is 14.4 Å². The topological polar surface area (TPSA) is 78.5 Å². The summed E-state index contributed by atoms with van der Waals surface area (Å²) in [6.45, 7) is 0.600. The van der Waals surface area contributed by atoms with Gasteiger partial charge >= 0.3 is 0 Å². The zero-order chi connectivity index (χ0) is 13.1. The van der Waals surface area contributed by atoms with Crippen molar-refractivity contribution in [2.24, 2.45) is 0 Å². The molecule has 2 heterocycles. The van der Waals surface area contributed by atoms with E-state index in [-0.39, 0.29) is 23.8 Å². The van der Waals surface area contributed by atoms with Gasteiger partial charge in [0, 0.05) is 20.0 Å². The van der Waals surface area contributed by atoms with E-state index in [2.05, 4.69) is 10.6 Å². The summed E-state index contributed by atoms with van der Waals surface area (Å²) in [6, 6.07) is -0.823. The van der Waals surface area contributed by atoms with E-state index in [1.807, 2.05) is 0 Å². The molecule has 0 saturated carbocycles. The molecule has 0 aliphatic carbocycles. The van der Waals surface area contributed by atoms with Crippen molar-refractivity contribution in [3.63, 3.8) is 0 Å². The summed E-state index contributed by atoms with van der Waals surface area (Å²) in [4.78, 5) is 36.9. The lowest BCUT2D eigenvalue weighted by atomic mass is 10.00. The lowest BCUT2D eigenvalue weighted by Gasteiger charge is -2.35. The molecule has 2 atom stereocenters. The Hall–Kier alpha value is -1.59. The molecule has 0 aromatic rings. The normalized spacial score (nSPS) is 27.8. The zero-order valence-electron chi connectivity index (χ0n) is 10.6. The first kappa shape index (κ1) is 12.9. The van der Waals surface area contributed by atoms with Gasteiger partial charge in [0.25, 0.3) is 0 Å². The second kappa shape index (κ2) is 5.37. The van der Waals surface area contributed by atoms with Crippen LogP contribution in [0.4, 0.5) is 0 Å². The van der Waals surface area contributed by atoms with Crippen molar-refractivity contribution >= 4 is 17.7 Å². The molecule has 0 aromatic carbocycles. The van der Waals surface area contributed by atoms with Crippen molar-refractivity contribution < 1.29 is 14.4 Å². The fourth-order valence-electron chi connectivity index (χ4n) is 2.63. The van der Waals surface area contributed by atoms with Gasteiger partial charge in [0.15, 0.2) is 0 Å². The number of nitrogens with one attached hydrogen (secondary N) is 2. The Kier molecular flexibility index (Phi) is 3.84. The van der Waals surface area contributed by atoms with Crippen LogP contribution in [0.3, 0.4) is 0 Å². The maximum Gasteiger partial charge on any atom is 0.245 e. The van der Waals surface area contributed by atoms with Crippen molar-refractivity contribution in [2.75, 3.05) is 13.6 Å². The van der Waals surface area contributed by atoms with Crippen LogP contribution in [0.1, 0.15) is 32.1 Å². The minimum absolute atomic E-state index is 0.0816. The van der Waals surface area contributed by atoms with Gasteiger partial charge in [-0.25, -0.2) is 0 Å². The average molecular weight is 253 g/mol. The first-order valence-electron chi connectivity index (χ1n) is 6.45. The molecular formula is C12H19N3O3. The predicted molar refractivity (Wildman–Crippen MR) is 64.6 cm³/mol. The second-order valence-electron chi connectivity index (χ2n) is 4.82. The molecule has 2 fully saturated rings. The lowest BCUT2D eigenvalue weighted by Crippen LogP contribution is -2.55. The molecule has 2 rings (SSSR count). The standard InChI is InChI=1S/C12H19N3O3/c1-13-11(17)9-4-2-3-7-15(9)12(18)8-5-6-10(16)14-8/h8-9H,2-7H2,1H3,(H,13,17)(H,14,16)/t8-,9?/m1/s1. The summed E-state index contributed by atoms with van der Waals surface area (Å²) in [7, 11) is 1.58. The third-order valence-electron chi connectivity index (χ3n) is 3.63. The molecule has 0 aromatic heterocycles. The van der Waals surface area contributed by atoms with Crippen LogP contribution in [0.25, 0.3) is 0 Å². The summed E-state index contributed by atoms with van der Waals surface area (Å²) in [5, 5.41) is 5.27. The molecule has 3 amide bonds. The van der Waals surface area contributed by atoms with Crippen LogP contribution in [0.2, 0.25) is 0 Å². The molecule has 18 heavy (non-hydrogen) atoms. The van der Waals surface area contributed by atoms with Crippen LogP contribution >= 0.6 is 0 Å². The molecule has 2 aliphatic rings. The number of carbonyl (C=O) groups is 3. The number of hydrogen-bond acceptors (Lipinski definition) is 3. The Balaban J connectivity index is 2.06. The number of likely N-dealkylation sites (N-methyl/N-ethyl adjacent to an activating group) is 1. The number of nitrogens with zero attached hydrogens (tertiary/aromatic N) is 1. The first-order chi connectivity index (χ1) is 8.63. The Bertz CT molecular complexity index is 370. The average Bonchev–Trinajstić information content (AvgIpc) is 2.83. The third-order valence-corrected chi connectivity index (χ3v) is 3.63. The highest BCUT2D eigenvalue weighted by Gasteiger charge is 2.37. The number of carbonyl (C=O) groups excluding carboxylic acids is 3. The molecule has 2 N–H and O–H groups in total. The van der Waals surface area contributed by atoms with Gasteiger partial charge in [0.05, 0.1) is 0 Å². The summed E-state index contributed by atoms with van der Waals surface area (Å²) >= 11 is 0. The largest absolute Gasteiger partial charge is 0.357 e. The number of likely N-dealkylation sites (tertiary alicyclic amines) is 1. The summed E-state index contributed by atoms with van der Waals surface area (Å²) in [5.74, 6) is -0.316. The van der Waals surface area contributed by atoms with Crippen molar-refractivity contribution in [1.82, 2.24) is 15.5 Å². The van der Waals surface area contributed by atoms with Crippen LogP contribution in [0.5, 0.6) is 0 Å². The van der Waals surface area contributed by atoms with Crippen molar-refractivity contribution in [1.29, 1.82) is 0 Å². The number of rotatable bonds is 2. The molecule has 0 bridgehead atoms. The Labute approximate surface area is 106 Å². The van der Waals surface area contributed by atoms with E-state index in [1.54, 1.807) is 11.9 Å². The summed E-state index contributed by atoms with van der Waals surface area (Å²) < 4.78 is 0. The monoisotopic (exact) mass is 253 g/mol. The molecule has 0 spiro atoms. The van der Waals surface area contributed by atoms with E-state index in [0.29, 0.717) is 25.8 Å². The van der Waals surface area contributed by atoms with Gasteiger partial charge in [0.2, 0.25) is 17.7 Å². The minimum Gasteiger partial charge on any atom is -0.357 e. The second-order valence-corrected chi connectivity index (χ2v) is 4.82. The van der Waals surface area contributed by atoms with E-state index in [0.717, 1.165) is 12.8 Å². The smallest absolute Gasteiger partial charge is 0.245 e.